The van der Waals surface area contributed by atoms with E-state index in [0.717, 1.165) is 47.7 Å². The van der Waals surface area contributed by atoms with Crippen LogP contribution in [0.1, 0.15) is 39.7 Å². The van der Waals surface area contributed by atoms with Crippen molar-refractivity contribution in [1.82, 2.24) is 0 Å². The lowest BCUT2D eigenvalue weighted by molar-refractivity contribution is -0.938. The number of ketones is 1. The summed E-state index contributed by atoms with van der Waals surface area (Å²) in [5.41, 5.74) is 1.86. The van der Waals surface area contributed by atoms with Crippen molar-refractivity contribution >= 4 is 23.1 Å². The summed E-state index contributed by atoms with van der Waals surface area (Å²) in [6, 6.07) is 21.4. The number of piperidine rings is 3. The first-order chi connectivity index (χ1) is 16.6. The van der Waals surface area contributed by atoms with Crippen molar-refractivity contribution in [1.29, 1.82) is 0 Å². The average Bonchev–Trinajstić information content (AvgIpc) is 3.44. The number of carbonyl (C=O) groups excluding carboxylic acids is 2. The molecule has 184 valence electrons. The second kappa shape index (κ2) is 10.9. The van der Waals surface area contributed by atoms with Gasteiger partial charge in [-0.25, -0.2) is 0 Å². The van der Waals surface area contributed by atoms with Crippen LogP contribution in [-0.2, 0) is 9.53 Å². The number of Topliss-reactive ketones (excluding diaryl/α,β-unsaturated/α-hetero) is 1. The van der Waals surface area contributed by atoms with Gasteiger partial charge < -0.3 is 26.4 Å². The molecule has 0 amide bonds. The Balaban J connectivity index is 0.00000289. The summed E-state index contributed by atoms with van der Waals surface area (Å²) >= 11 is 1.49. The van der Waals surface area contributed by atoms with Crippen molar-refractivity contribution in [2.45, 2.75) is 18.9 Å². The second-order valence-electron chi connectivity index (χ2n) is 9.47. The fraction of sp³-hybridized carbons (Fsp3) is 0.357. The van der Waals surface area contributed by atoms with E-state index in [1.165, 1.54) is 11.3 Å². The standard InChI is InChI=1S/C28H30NO4S.ClH/c1-32-23-11-9-22(10-12-23)27(21-6-3-2-4-7-21)33-28(31)24-18-29(15-13-20(24)14-16-29)19-25(30)26-8-5-17-34-26;/h2-12,17,20,24,27H,13-16,18-19H2,1H3;1H/q+1;/p-1. The zero-order valence-electron chi connectivity index (χ0n) is 19.8. The molecule has 6 rings (SSSR count). The molecule has 0 N–H and O–H groups in total. The van der Waals surface area contributed by atoms with Gasteiger partial charge in [0.15, 0.2) is 6.10 Å². The third-order valence-electron chi connectivity index (χ3n) is 7.43. The molecule has 0 radical (unpaired) electrons. The first-order valence-electron chi connectivity index (χ1n) is 11.9. The Morgan fingerprint density at radius 3 is 2.29 bits per heavy atom. The van der Waals surface area contributed by atoms with E-state index in [9.17, 15) is 9.59 Å². The Morgan fingerprint density at radius 1 is 0.971 bits per heavy atom. The Morgan fingerprint density at radius 2 is 1.66 bits per heavy atom. The second-order valence-corrected chi connectivity index (χ2v) is 10.4. The quantitative estimate of drug-likeness (QED) is 0.264. The number of methoxy groups -OCH3 is 1. The van der Waals surface area contributed by atoms with Gasteiger partial charge in [0.25, 0.3) is 0 Å². The number of rotatable bonds is 8. The monoisotopic (exact) mass is 511 g/mol. The molecule has 2 atom stereocenters. The summed E-state index contributed by atoms with van der Waals surface area (Å²) < 4.78 is 12.2. The van der Waals surface area contributed by atoms with Crippen LogP contribution in [0.25, 0.3) is 0 Å². The number of hydrogen-bond donors (Lipinski definition) is 0. The molecule has 0 saturated carbocycles. The summed E-state index contributed by atoms with van der Waals surface area (Å²) in [7, 11) is 1.64. The maximum Gasteiger partial charge on any atom is 0.315 e. The van der Waals surface area contributed by atoms with Gasteiger partial charge in [-0.15, -0.1) is 11.3 Å². The highest BCUT2D eigenvalue weighted by molar-refractivity contribution is 7.12. The van der Waals surface area contributed by atoms with Gasteiger partial charge in [-0.05, 0) is 40.6 Å². The van der Waals surface area contributed by atoms with E-state index < -0.39 is 6.10 Å². The molecule has 2 aromatic carbocycles. The number of quaternary nitrogens is 1. The zero-order chi connectivity index (χ0) is 23.5. The van der Waals surface area contributed by atoms with Gasteiger partial charge in [-0.1, -0.05) is 48.5 Å². The number of nitrogens with zero attached hydrogens (tertiary/aromatic N) is 1. The van der Waals surface area contributed by atoms with Crippen molar-refractivity contribution in [3.05, 3.63) is 88.1 Å². The Labute approximate surface area is 216 Å². The Kier molecular flexibility index (Phi) is 7.95. The third kappa shape index (κ3) is 5.45. The number of hydrogen-bond acceptors (Lipinski definition) is 5. The van der Waals surface area contributed by atoms with Crippen LogP contribution < -0.4 is 17.1 Å². The molecule has 3 aliphatic rings. The van der Waals surface area contributed by atoms with Crippen molar-refractivity contribution < 1.29 is 36.0 Å². The first-order valence-corrected chi connectivity index (χ1v) is 12.8. The molecule has 4 heterocycles. The largest absolute Gasteiger partial charge is 1.00 e. The molecule has 3 aliphatic heterocycles. The summed E-state index contributed by atoms with van der Waals surface area (Å²) in [6.07, 6.45) is 1.46. The topological polar surface area (TPSA) is 52.6 Å². The highest BCUT2D eigenvalue weighted by Gasteiger charge is 2.50. The van der Waals surface area contributed by atoms with E-state index in [0.29, 0.717) is 23.5 Å². The number of halogens is 1. The molecule has 0 spiro atoms. The van der Waals surface area contributed by atoms with E-state index in [-0.39, 0.29) is 30.1 Å². The molecule has 35 heavy (non-hydrogen) atoms. The molecule has 3 saturated heterocycles. The molecule has 2 bridgehead atoms. The summed E-state index contributed by atoms with van der Waals surface area (Å²) in [5.74, 6) is 0.948. The van der Waals surface area contributed by atoms with Crippen molar-refractivity contribution in [2.75, 3.05) is 33.3 Å². The fourth-order valence-corrected chi connectivity index (χ4v) is 6.19. The van der Waals surface area contributed by atoms with Crippen LogP contribution in [0.5, 0.6) is 5.75 Å². The lowest BCUT2D eigenvalue weighted by atomic mass is 9.77. The predicted molar refractivity (Wildman–Crippen MR) is 132 cm³/mol. The number of fused-ring (bicyclic) bond motifs is 3. The molecule has 3 fully saturated rings. The van der Waals surface area contributed by atoms with E-state index in [1.807, 2.05) is 72.1 Å². The molecule has 3 aromatic rings. The third-order valence-corrected chi connectivity index (χ3v) is 8.35. The van der Waals surface area contributed by atoms with E-state index in [1.54, 1.807) is 7.11 Å². The maximum absolute atomic E-state index is 13.6. The lowest BCUT2D eigenvalue weighted by Crippen LogP contribution is -3.00. The van der Waals surface area contributed by atoms with Gasteiger partial charge >= 0.3 is 5.97 Å². The van der Waals surface area contributed by atoms with E-state index in [2.05, 4.69) is 0 Å². The summed E-state index contributed by atoms with van der Waals surface area (Å²) in [6.45, 7) is 3.08. The highest BCUT2D eigenvalue weighted by Crippen LogP contribution is 2.40. The van der Waals surface area contributed by atoms with Gasteiger partial charge in [0, 0.05) is 12.8 Å². The molecular weight excluding hydrogens is 482 g/mol. The van der Waals surface area contributed by atoms with Crippen molar-refractivity contribution in [3.8, 4) is 5.75 Å². The van der Waals surface area contributed by atoms with Crippen LogP contribution in [-0.4, -0.2) is 49.5 Å². The van der Waals surface area contributed by atoms with Crippen LogP contribution in [0.3, 0.4) is 0 Å². The minimum Gasteiger partial charge on any atom is -1.00 e. The minimum atomic E-state index is -0.476. The zero-order valence-corrected chi connectivity index (χ0v) is 21.3. The normalized spacial score (nSPS) is 23.7. The fourth-order valence-electron chi connectivity index (χ4n) is 5.53. The van der Waals surface area contributed by atoms with Gasteiger partial charge in [-0.2, -0.15) is 0 Å². The van der Waals surface area contributed by atoms with Crippen molar-refractivity contribution in [2.24, 2.45) is 11.8 Å². The Bertz CT molecular complexity index is 1130. The number of esters is 1. The van der Waals surface area contributed by atoms with Crippen LogP contribution in [0.4, 0.5) is 0 Å². The van der Waals surface area contributed by atoms with Gasteiger partial charge in [0.2, 0.25) is 5.78 Å². The first kappa shape index (κ1) is 25.4. The van der Waals surface area contributed by atoms with Crippen LogP contribution in [0, 0.1) is 11.8 Å². The van der Waals surface area contributed by atoms with Gasteiger partial charge in [0.05, 0.1) is 31.6 Å². The average molecular weight is 512 g/mol. The lowest BCUT2D eigenvalue weighted by Gasteiger charge is -2.51. The summed E-state index contributed by atoms with van der Waals surface area (Å²) in [4.78, 5) is 27.3. The number of benzene rings is 2. The molecule has 5 nitrogen and oxygen atoms in total. The molecular formula is C28H30ClNO4S. The van der Waals surface area contributed by atoms with E-state index >= 15 is 0 Å². The van der Waals surface area contributed by atoms with Gasteiger partial charge in [0.1, 0.15) is 18.2 Å². The minimum absolute atomic E-state index is 0. The van der Waals surface area contributed by atoms with Crippen LogP contribution in [0.15, 0.2) is 72.1 Å². The van der Waals surface area contributed by atoms with E-state index in [4.69, 9.17) is 9.47 Å². The molecule has 2 unspecified atom stereocenters. The number of carbonyl (C=O) groups is 2. The van der Waals surface area contributed by atoms with Crippen LogP contribution in [0.2, 0.25) is 0 Å². The number of thiophene rings is 1. The predicted octanol–water partition coefficient (Wildman–Crippen LogP) is 2.13. The Hall–Kier alpha value is -2.67. The smallest absolute Gasteiger partial charge is 0.315 e. The van der Waals surface area contributed by atoms with Crippen LogP contribution >= 0.6 is 11.3 Å². The highest BCUT2D eigenvalue weighted by atomic mass is 35.5. The molecule has 0 aliphatic carbocycles. The van der Waals surface area contributed by atoms with Crippen molar-refractivity contribution in [3.63, 3.8) is 0 Å². The SMILES string of the molecule is COc1ccc(C(OC(=O)C2C[N+]3(CC(=O)c4cccs4)CCC2CC3)c2ccccc2)cc1.[Cl-]. The summed E-state index contributed by atoms with van der Waals surface area (Å²) in [5, 5.41) is 1.94. The molecule has 7 heteroatoms. The van der Waals surface area contributed by atoms with Gasteiger partial charge in [-0.3, -0.25) is 9.59 Å². The number of ether oxygens (including phenoxy) is 2. The molecule has 1 aromatic heterocycles. The maximum atomic E-state index is 13.6.